The third-order valence-corrected chi connectivity index (χ3v) is 7.64. The van der Waals surface area contributed by atoms with Gasteiger partial charge in [-0.1, -0.05) is 12.2 Å². The van der Waals surface area contributed by atoms with E-state index in [2.05, 4.69) is 25.2 Å². The Hall–Kier alpha value is -5.13. The molecule has 1 amide bonds. The number of carbonyl (C=O) groups excluding carboxylic acids is 1. The van der Waals surface area contributed by atoms with Crippen LogP contribution in [0.25, 0.3) is 28.1 Å². The number of benzene rings is 2. The molecule has 3 aromatic heterocycles. The van der Waals surface area contributed by atoms with Crippen molar-refractivity contribution in [3.05, 3.63) is 90.7 Å². The number of nitrogens with zero attached hydrogens (tertiary/aromatic N) is 7. The predicted molar refractivity (Wildman–Crippen MR) is 176 cm³/mol. The van der Waals surface area contributed by atoms with Gasteiger partial charge in [0.05, 0.1) is 41.8 Å². The minimum atomic E-state index is -0.0414. The number of anilines is 2. The summed E-state index contributed by atoms with van der Waals surface area (Å²) in [6.45, 7) is 6.48. The number of rotatable bonds is 10. The Bertz CT molecular complexity index is 1880. The van der Waals surface area contributed by atoms with Gasteiger partial charge in [0.15, 0.2) is 5.82 Å². The summed E-state index contributed by atoms with van der Waals surface area (Å²) in [6, 6.07) is 15.6. The first-order chi connectivity index (χ1) is 21.9. The van der Waals surface area contributed by atoms with Crippen LogP contribution < -0.4 is 10.1 Å². The summed E-state index contributed by atoms with van der Waals surface area (Å²) in [5, 5.41) is 3.39. The van der Waals surface area contributed by atoms with E-state index in [0.29, 0.717) is 17.9 Å². The zero-order valence-corrected chi connectivity index (χ0v) is 25.7. The molecular formula is C34H36N8O3. The van der Waals surface area contributed by atoms with Crippen molar-refractivity contribution >= 4 is 45.6 Å². The van der Waals surface area contributed by atoms with Gasteiger partial charge in [-0.3, -0.25) is 9.69 Å². The molecule has 2 aromatic carbocycles. The first-order valence-corrected chi connectivity index (χ1v) is 14.9. The third kappa shape index (κ3) is 7.34. The van der Waals surface area contributed by atoms with Crippen LogP contribution in [0.1, 0.15) is 11.3 Å². The van der Waals surface area contributed by atoms with Crippen molar-refractivity contribution in [2.24, 2.45) is 7.05 Å². The van der Waals surface area contributed by atoms with Crippen molar-refractivity contribution in [3.63, 3.8) is 0 Å². The van der Waals surface area contributed by atoms with E-state index in [4.69, 9.17) is 14.5 Å². The molecule has 1 aliphatic rings. The Balaban J connectivity index is 1.09. The molecule has 1 N–H and O–H groups in total. The standard InChI is InChI=1S/C34H36N8O3/c1-24-20-26(9-13-31(24)45-27-10-12-30-29(21-27)37-23-41(30)3)39-34-33-28(35-22-36-34)11-8-25(38-33)6-4-14-40(2)32(43)7-5-15-42-16-18-44-19-17-42/h4-13,20-23H,14-19H2,1-3H3,(H,35,36,39)/b6-4+,7-5?. The molecule has 0 atom stereocenters. The van der Waals surface area contributed by atoms with Crippen LogP contribution in [0.2, 0.25) is 0 Å². The minimum absolute atomic E-state index is 0.0414. The smallest absolute Gasteiger partial charge is 0.246 e. The van der Waals surface area contributed by atoms with Gasteiger partial charge in [0.2, 0.25) is 5.91 Å². The van der Waals surface area contributed by atoms with Crippen LogP contribution in [-0.2, 0) is 16.6 Å². The van der Waals surface area contributed by atoms with Gasteiger partial charge in [-0.05, 0) is 61.0 Å². The maximum absolute atomic E-state index is 12.5. The van der Waals surface area contributed by atoms with Gasteiger partial charge in [-0.25, -0.2) is 19.9 Å². The Labute approximate surface area is 261 Å². The Morgan fingerprint density at radius 1 is 1.04 bits per heavy atom. The number of carbonyl (C=O) groups is 1. The molecule has 11 heteroatoms. The lowest BCUT2D eigenvalue weighted by molar-refractivity contribution is -0.124. The maximum Gasteiger partial charge on any atom is 0.246 e. The molecule has 1 fully saturated rings. The number of aromatic nitrogens is 5. The maximum atomic E-state index is 12.5. The molecule has 1 aliphatic heterocycles. The Morgan fingerprint density at radius 3 is 2.76 bits per heavy atom. The summed E-state index contributed by atoms with van der Waals surface area (Å²) in [5.41, 5.74) is 5.87. The van der Waals surface area contributed by atoms with E-state index in [1.807, 2.05) is 85.3 Å². The highest BCUT2D eigenvalue weighted by Gasteiger charge is 2.11. The lowest BCUT2D eigenvalue weighted by Gasteiger charge is -2.25. The van der Waals surface area contributed by atoms with Crippen molar-refractivity contribution < 1.29 is 14.3 Å². The molecule has 1 saturated heterocycles. The normalized spacial score (nSPS) is 14.1. The average Bonchev–Trinajstić information content (AvgIpc) is 3.42. The highest BCUT2D eigenvalue weighted by atomic mass is 16.5. The molecule has 0 radical (unpaired) electrons. The second kappa shape index (κ2) is 13.7. The first-order valence-electron chi connectivity index (χ1n) is 14.9. The summed E-state index contributed by atoms with van der Waals surface area (Å²) in [6.07, 6.45) is 10.7. The zero-order chi connectivity index (χ0) is 31.2. The third-order valence-electron chi connectivity index (χ3n) is 7.64. The van der Waals surface area contributed by atoms with E-state index in [1.165, 1.54) is 6.33 Å². The number of morpholine rings is 1. The van der Waals surface area contributed by atoms with Crippen molar-refractivity contribution in [1.82, 2.24) is 34.3 Å². The zero-order valence-electron chi connectivity index (χ0n) is 25.7. The number of hydrogen-bond acceptors (Lipinski definition) is 9. The molecule has 0 unspecified atom stereocenters. The van der Waals surface area contributed by atoms with Gasteiger partial charge in [0.1, 0.15) is 23.3 Å². The van der Waals surface area contributed by atoms with Gasteiger partial charge >= 0.3 is 0 Å². The SMILES string of the molecule is Cc1cc(Nc2ncnc3ccc(/C=C/CN(C)C(=O)C=CCN4CCOCC4)nc23)ccc1Oc1ccc2c(c1)ncn2C. The predicted octanol–water partition coefficient (Wildman–Crippen LogP) is 5.12. The number of ether oxygens (including phenoxy) is 2. The van der Waals surface area contributed by atoms with Gasteiger partial charge in [-0.15, -0.1) is 0 Å². The highest BCUT2D eigenvalue weighted by molar-refractivity contribution is 5.88. The fourth-order valence-corrected chi connectivity index (χ4v) is 5.06. The fraction of sp³-hybridized carbons (Fsp3) is 0.265. The summed E-state index contributed by atoms with van der Waals surface area (Å²) >= 11 is 0. The Morgan fingerprint density at radius 2 is 1.91 bits per heavy atom. The molecule has 4 heterocycles. The van der Waals surface area contributed by atoms with Crippen LogP contribution in [0, 0.1) is 6.92 Å². The number of imidazole rings is 1. The number of pyridine rings is 1. The molecule has 0 saturated carbocycles. The van der Waals surface area contributed by atoms with E-state index in [1.54, 1.807) is 24.4 Å². The monoisotopic (exact) mass is 604 g/mol. The number of hydrogen-bond donors (Lipinski definition) is 1. The molecule has 45 heavy (non-hydrogen) atoms. The van der Waals surface area contributed by atoms with Crippen molar-refractivity contribution in [3.8, 4) is 11.5 Å². The number of likely N-dealkylation sites (N-methyl/N-ethyl adjacent to an activating group) is 1. The van der Waals surface area contributed by atoms with E-state index < -0.39 is 0 Å². The van der Waals surface area contributed by atoms with Crippen LogP contribution in [0.15, 0.2) is 79.4 Å². The van der Waals surface area contributed by atoms with Crippen molar-refractivity contribution in [2.75, 3.05) is 51.8 Å². The summed E-state index contributed by atoms with van der Waals surface area (Å²) in [4.78, 5) is 34.5. The van der Waals surface area contributed by atoms with Gasteiger partial charge in [0.25, 0.3) is 0 Å². The number of amides is 1. The Kier molecular flexibility index (Phi) is 9.09. The lowest BCUT2D eigenvalue weighted by Crippen LogP contribution is -2.36. The topological polar surface area (TPSA) is 111 Å². The van der Waals surface area contributed by atoms with Crippen LogP contribution in [0.4, 0.5) is 11.5 Å². The minimum Gasteiger partial charge on any atom is -0.457 e. The molecule has 0 bridgehead atoms. The first kappa shape index (κ1) is 29.9. The van der Waals surface area contributed by atoms with E-state index >= 15 is 0 Å². The van der Waals surface area contributed by atoms with E-state index in [0.717, 1.165) is 77.8 Å². The molecule has 6 rings (SSSR count). The van der Waals surface area contributed by atoms with Crippen LogP contribution in [-0.4, -0.2) is 86.7 Å². The number of aryl methyl sites for hydroxylation is 2. The van der Waals surface area contributed by atoms with Crippen LogP contribution in [0.3, 0.4) is 0 Å². The molecule has 11 nitrogen and oxygen atoms in total. The number of fused-ring (bicyclic) bond motifs is 2. The second-order valence-electron chi connectivity index (χ2n) is 11.0. The number of nitrogens with one attached hydrogen (secondary N) is 1. The molecular weight excluding hydrogens is 568 g/mol. The fourth-order valence-electron chi connectivity index (χ4n) is 5.06. The van der Waals surface area contributed by atoms with Crippen molar-refractivity contribution in [1.29, 1.82) is 0 Å². The summed E-state index contributed by atoms with van der Waals surface area (Å²) in [7, 11) is 3.75. The van der Waals surface area contributed by atoms with E-state index in [9.17, 15) is 4.79 Å². The molecule has 0 aliphatic carbocycles. The van der Waals surface area contributed by atoms with Crippen LogP contribution >= 0.6 is 0 Å². The molecule has 230 valence electrons. The molecule has 0 spiro atoms. The van der Waals surface area contributed by atoms with Gasteiger partial charge in [-0.2, -0.15) is 0 Å². The van der Waals surface area contributed by atoms with Gasteiger partial charge in [0, 0.05) is 58.1 Å². The van der Waals surface area contributed by atoms with E-state index in [-0.39, 0.29) is 5.91 Å². The quantitative estimate of drug-likeness (QED) is 0.217. The van der Waals surface area contributed by atoms with Gasteiger partial charge < -0.3 is 24.3 Å². The lowest BCUT2D eigenvalue weighted by atomic mass is 10.2. The summed E-state index contributed by atoms with van der Waals surface area (Å²) in [5.74, 6) is 2.04. The summed E-state index contributed by atoms with van der Waals surface area (Å²) < 4.78 is 13.5. The van der Waals surface area contributed by atoms with Crippen LogP contribution in [0.5, 0.6) is 11.5 Å². The molecule has 5 aromatic rings. The average molecular weight is 605 g/mol. The second-order valence-corrected chi connectivity index (χ2v) is 11.0. The van der Waals surface area contributed by atoms with Crippen molar-refractivity contribution in [2.45, 2.75) is 6.92 Å². The highest BCUT2D eigenvalue weighted by Crippen LogP contribution is 2.30. The largest absolute Gasteiger partial charge is 0.457 e.